The quantitative estimate of drug-likeness (QED) is 0.0479. The highest BCUT2D eigenvalue weighted by Gasteiger charge is 2.38. The molecule has 1 saturated carbocycles. The third-order valence-corrected chi connectivity index (χ3v) is 11.5. The first-order valence-corrected chi connectivity index (χ1v) is 18.8. The average Bonchev–Trinajstić information content (AvgIpc) is 3.36. The first kappa shape index (κ1) is 38.4. The van der Waals surface area contributed by atoms with Crippen LogP contribution in [0.15, 0.2) is 72.8 Å². The second kappa shape index (κ2) is 15.7. The van der Waals surface area contributed by atoms with Crippen molar-refractivity contribution in [3.05, 3.63) is 107 Å². The van der Waals surface area contributed by atoms with Crippen molar-refractivity contribution >= 4 is 11.9 Å². The molecule has 0 atom stereocenters. The molecule has 4 aromatic rings. The topological polar surface area (TPSA) is 98.8 Å². The molecule has 2 aliphatic carbocycles. The zero-order chi connectivity index (χ0) is 38.8. The van der Waals surface area contributed by atoms with Crippen molar-refractivity contribution in [1.29, 1.82) is 0 Å². The number of hydrogen-bond acceptors (Lipinski definition) is 9. The minimum Gasteiger partial charge on any atom is -0.464 e. The molecule has 0 N–H and O–H groups in total. The molecule has 0 spiro atoms. The van der Waals surface area contributed by atoms with Crippen molar-refractivity contribution in [2.24, 2.45) is 10.8 Å². The summed E-state index contributed by atoms with van der Waals surface area (Å²) in [6.07, 6.45) is 5.42. The predicted octanol–water partition coefficient (Wildman–Crippen LogP) is 9.42. The van der Waals surface area contributed by atoms with E-state index in [-0.39, 0.29) is 47.0 Å². The van der Waals surface area contributed by atoms with Gasteiger partial charge in [-0.3, -0.25) is 0 Å². The highest BCUT2D eigenvalue weighted by atomic mass is 19.1. The molecule has 3 aliphatic rings. The maximum absolute atomic E-state index is 14.9. The zero-order valence-electron chi connectivity index (χ0n) is 31.6. The zero-order valence-corrected chi connectivity index (χ0v) is 31.6. The van der Waals surface area contributed by atoms with Gasteiger partial charge in [-0.1, -0.05) is 46.2 Å². The molecule has 0 bridgehead atoms. The van der Waals surface area contributed by atoms with Crippen LogP contribution in [0.3, 0.4) is 0 Å². The Morgan fingerprint density at radius 3 is 1.51 bits per heavy atom. The van der Waals surface area contributed by atoms with Gasteiger partial charge in [0.2, 0.25) is 0 Å². The molecule has 55 heavy (non-hydrogen) atoms. The number of halogens is 2. The van der Waals surface area contributed by atoms with E-state index in [0.717, 1.165) is 60.1 Å². The van der Waals surface area contributed by atoms with Crippen molar-refractivity contribution in [1.82, 2.24) is 0 Å². The largest absolute Gasteiger partial charge is 0.464 e. The van der Waals surface area contributed by atoms with E-state index in [9.17, 15) is 18.4 Å². The summed E-state index contributed by atoms with van der Waals surface area (Å²) in [5.41, 5.74) is 3.34. The maximum atomic E-state index is 14.9. The summed E-state index contributed by atoms with van der Waals surface area (Å²) in [5, 5.41) is 0. The standard InChI is InChI=1S/C44H46F2O9/c1-5-43(16-7-17-43)22-50-26-52-38-14-8-28(18-36(38)45)40(47)54-30-10-12-32-33-13-11-31(21-35(33)42(3,4)34(32)20-30)55-41(48)29-9-15-39(37(46)19-29)53-27-51-25-44(6-2)23-49-24-44/h8-15,18-21H,5-7,16-17,22-27H2,1-4H3. The molecular weight excluding hydrogens is 710 g/mol. The van der Waals surface area contributed by atoms with Crippen molar-refractivity contribution in [3.8, 4) is 34.1 Å². The smallest absolute Gasteiger partial charge is 0.343 e. The number of rotatable bonds is 16. The van der Waals surface area contributed by atoms with E-state index in [1.54, 1.807) is 24.3 Å². The summed E-state index contributed by atoms with van der Waals surface area (Å²) in [7, 11) is 0. The van der Waals surface area contributed by atoms with E-state index >= 15 is 0 Å². The molecule has 0 aromatic heterocycles. The Morgan fingerprint density at radius 2 is 1.13 bits per heavy atom. The first-order chi connectivity index (χ1) is 26.4. The summed E-state index contributed by atoms with van der Waals surface area (Å²) in [5.74, 6) is -2.29. The lowest BCUT2D eigenvalue weighted by molar-refractivity contribution is -0.162. The van der Waals surface area contributed by atoms with Crippen LogP contribution in [0, 0.1) is 22.5 Å². The fraction of sp³-hybridized carbons (Fsp3) is 0.409. The van der Waals surface area contributed by atoms with E-state index in [4.69, 9.17) is 33.2 Å². The van der Waals surface area contributed by atoms with Gasteiger partial charge >= 0.3 is 11.9 Å². The Bertz CT molecular complexity index is 1910. The Kier molecular flexibility index (Phi) is 11.0. The van der Waals surface area contributed by atoms with Gasteiger partial charge in [-0.15, -0.1) is 0 Å². The summed E-state index contributed by atoms with van der Waals surface area (Å²) in [6, 6.07) is 18.5. The maximum Gasteiger partial charge on any atom is 0.343 e. The van der Waals surface area contributed by atoms with Gasteiger partial charge in [0.25, 0.3) is 0 Å². The number of ether oxygens (including phenoxy) is 7. The van der Waals surface area contributed by atoms with Gasteiger partial charge in [0.1, 0.15) is 11.5 Å². The monoisotopic (exact) mass is 756 g/mol. The summed E-state index contributed by atoms with van der Waals surface area (Å²) in [4.78, 5) is 26.1. The fourth-order valence-corrected chi connectivity index (χ4v) is 7.43. The molecule has 9 nitrogen and oxygen atoms in total. The normalized spacial score (nSPS) is 16.9. The van der Waals surface area contributed by atoms with Crippen LogP contribution in [0.5, 0.6) is 23.0 Å². The second-order valence-corrected chi connectivity index (χ2v) is 15.4. The Balaban J connectivity index is 0.948. The Morgan fingerprint density at radius 1 is 0.655 bits per heavy atom. The third-order valence-electron chi connectivity index (χ3n) is 11.5. The van der Waals surface area contributed by atoms with Crippen LogP contribution in [-0.4, -0.2) is 52.0 Å². The van der Waals surface area contributed by atoms with Crippen LogP contribution >= 0.6 is 0 Å². The third kappa shape index (κ3) is 7.97. The molecule has 1 saturated heterocycles. The lowest BCUT2D eigenvalue weighted by Gasteiger charge is -2.40. The van der Waals surface area contributed by atoms with Crippen molar-refractivity contribution < 1.29 is 51.5 Å². The second-order valence-electron chi connectivity index (χ2n) is 15.4. The summed E-state index contributed by atoms with van der Waals surface area (Å²) < 4.78 is 68.6. The Hall–Kier alpha value is -4.84. The SMILES string of the molecule is CCC1(COCOc2ccc(C(=O)Oc3ccc4c(c3)C(C)(C)c3cc(OC(=O)c5ccc(OCOCC6(CC)COC6)c(F)c5)ccc3-4)cc2F)CCC1. The van der Waals surface area contributed by atoms with Gasteiger partial charge < -0.3 is 33.2 Å². The minimum absolute atomic E-state index is 0.00498. The lowest BCUT2D eigenvalue weighted by Crippen LogP contribution is -2.45. The lowest BCUT2D eigenvalue weighted by atomic mass is 9.68. The molecule has 0 amide bonds. The molecule has 290 valence electrons. The van der Waals surface area contributed by atoms with Gasteiger partial charge in [0.15, 0.2) is 36.7 Å². The molecule has 4 aromatic carbocycles. The van der Waals surface area contributed by atoms with Gasteiger partial charge in [-0.25, -0.2) is 18.4 Å². The number of fused-ring (bicyclic) bond motifs is 3. The number of carbonyl (C=O) groups excluding carboxylic acids is 2. The summed E-state index contributed by atoms with van der Waals surface area (Å²) >= 11 is 0. The van der Waals surface area contributed by atoms with Gasteiger partial charge in [0, 0.05) is 10.8 Å². The van der Waals surface area contributed by atoms with E-state index in [1.165, 1.54) is 30.7 Å². The number of carbonyl (C=O) groups is 2. The predicted molar refractivity (Wildman–Crippen MR) is 200 cm³/mol. The average molecular weight is 757 g/mol. The van der Waals surface area contributed by atoms with Gasteiger partial charge in [0.05, 0.1) is 37.6 Å². The number of benzene rings is 4. The molecule has 7 rings (SSSR count). The fourth-order valence-electron chi connectivity index (χ4n) is 7.43. The van der Waals surface area contributed by atoms with Crippen molar-refractivity contribution in [3.63, 3.8) is 0 Å². The highest BCUT2D eigenvalue weighted by Crippen LogP contribution is 2.51. The number of hydrogen-bond donors (Lipinski definition) is 0. The molecule has 11 heteroatoms. The van der Waals surface area contributed by atoms with Crippen molar-refractivity contribution in [2.75, 3.05) is 40.0 Å². The van der Waals surface area contributed by atoms with E-state index in [0.29, 0.717) is 37.9 Å². The van der Waals surface area contributed by atoms with E-state index in [2.05, 4.69) is 13.8 Å². The van der Waals surface area contributed by atoms with Crippen LogP contribution in [-0.2, 0) is 19.6 Å². The van der Waals surface area contributed by atoms with Gasteiger partial charge in [-0.2, -0.15) is 0 Å². The first-order valence-electron chi connectivity index (χ1n) is 18.8. The molecule has 0 radical (unpaired) electrons. The molecular formula is C44H46F2O9. The van der Waals surface area contributed by atoms with E-state index < -0.39 is 29.0 Å². The van der Waals surface area contributed by atoms with E-state index in [1.807, 2.05) is 26.0 Å². The highest BCUT2D eigenvalue weighted by molar-refractivity contribution is 5.92. The molecule has 1 aliphatic heterocycles. The van der Waals surface area contributed by atoms with Crippen LogP contribution < -0.4 is 18.9 Å². The molecule has 0 unspecified atom stereocenters. The molecule has 1 heterocycles. The Labute approximate surface area is 319 Å². The molecule has 2 fully saturated rings. The minimum atomic E-state index is -0.725. The number of esters is 2. The van der Waals surface area contributed by atoms with Crippen LogP contribution in [0.4, 0.5) is 8.78 Å². The van der Waals surface area contributed by atoms with Gasteiger partial charge in [-0.05, 0) is 114 Å². The van der Waals surface area contributed by atoms with Crippen LogP contribution in [0.2, 0.25) is 0 Å². The van der Waals surface area contributed by atoms with Crippen LogP contribution in [0.25, 0.3) is 11.1 Å². The van der Waals surface area contributed by atoms with Crippen LogP contribution in [0.1, 0.15) is 91.6 Å². The van der Waals surface area contributed by atoms with Crippen molar-refractivity contribution in [2.45, 2.75) is 65.2 Å². The summed E-state index contributed by atoms with van der Waals surface area (Å²) in [6.45, 7) is 10.4.